The molecular weight excluding hydrogens is 236 g/mol. The largest absolute Gasteiger partial charge is 0.356 e. The van der Waals surface area contributed by atoms with Crippen LogP contribution in [-0.2, 0) is 4.79 Å². The molecule has 1 amide bonds. The van der Waals surface area contributed by atoms with Crippen molar-refractivity contribution in [3.8, 4) is 0 Å². The van der Waals surface area contributed by atoms with Gasteiger partial charge in [-0.05, 0) is 37.0 Å². The molecule has 0 aromatic rings. The summed E-state index contributed by atoms with van der Waals surface area (Å²) in [7, 11) is 0. The second-order valence-corrected chi connectivity index (χ2v) is 5.69. The Bertz CT molecular complexity index is 260. The molecule has 2 aliphatic rings. The summed E-state index contributed by atoms with van der Waals surface area (Å²) in [5.41, 5.74) is 6.04. The minimum atomic E-state index is 0. The fraction of sp³-hybridized carbons (Fsp3) is 0.923. The summed E-state index contributed by atoms with van der Waals surface area (Å²) < 4.78 is 0. The third-order valence-corrected chi connectivity index (χ3v) is 4.25. The van der Waals surface area contributed by atoms with Crippen molar-refractivity contribution in [2.24, 2.45) is 23.5 Å². The number of nitrogens with two attached hydrogens (primary N) is 1. The van der Waals surface area contributed by atoms with Crippen LogP contribution >= 0.6 is 12.4 Å². The molecule has 2 rings (SSSR count). The summed E-state index contributed by atoms with van der Waals surface area (Å²) in [5.74, 6) is 2.19. The maximum absolute atomic E-state index is 11.7. The van der Waals surface area contributed by atoms with Crippen LogP contribution < -0.4 is 11.1 Å². The second-order valence-electron chi connectivity index (χ2n) is 5.69. The van der Waals surface area contributed by atoms with E-state index in [4.69, 9.17) is 5.73 Å². The molecule has 2 saturated carbocycles. The van der Waals surface area contributed by atoms with Crippen molar-refractivity contribution < 1.29 is 4.79 Å². The van der Waals surface area contributed by atoms with Crippen LogP contribution in [0.4, 0.5) is 0 Å². The summed E-state index contributed by atoms with van der Waals surface area (Å²) in [5, 5.41) is 3.05. The molecule has 0 saturated heterocycles. The van der Waals surface area contributed by atoms with Crippen LogP contribution in [-0.4, -0.2) is 18.5 Å². The minimum Gasteiger partial charge on any atom is -0.356 e. The maximum atomic E-state index is 11.7. The second kappa shape index (κ2) is 6.60. The van der Waals surface area contributed by atoms with Gasteiger partial charge in [-0.3, -0.25) is 4.79 Å². The van der Waals surface area contributed by atoms with Gasteiger partial charge in [0.1, 0.15) is 0 Å². The van der Waals surface area contributed by atoms with Gasteiger partial charge in [0, 0.05) is 19.0 Å². The molecule has 0 aromatic carbocycles. The van der Waals surface area contributed by atoms with E-state index in [9.17, 15) is 4.79 Å². The maximum Gasteiger partial charge on any atom is 0.220 e. The molecule has 2 aliphatic carbocycles. The van der Waals surface area contributed by atoms with E-state index in [2.05, 4.69) is 12.2 Å². The van der Waals surface area contributed by atoms with Crippen LogP contribution in [0.5, 0.6) is 0 Å². The lowest BCUT2D eigenvalue weighted by molar-refractivity contribution is -0.122. The standard InChI is InChI=1S/C13H24N2O.ClH/c1-9-6-11(9)8-15-13(16)7-10-4-2-3-5-12(10)14;/h9-12H,2-8,14H2,1H3,(H,15,16);1H. The van der Waals surface area contributed by atoms with Crippen molar-refractivity contribution in [2.75, 3.05) is 6.54 Å². The van der Waals surface area contributed by atoms with Gasteiger partial charge in [-0.25, -0.2) is 0 Å². The van der Waals surface area contributed by atoms with Gasteiger partial charge < -0.3 is 11.1 Å². The van der Waals surface area contributed by atoms with Crippen LogP contribution in [0.15, 0.2) is 0 Å². The van der Waals surface area contributed by atoms with Crippen LogP contribution in [0, 0.1) is 17.8 Å². The van der Waals surface area contributed by atoms with Gasteiger partial charge in [0.2, 0.25) is 5.91 Å². The Morgan fingerprint density at radius 3 is 2.53 bits per heavy atom. The molecule has 0 bridgehead atoms. The van der Waals surface area contributed by atoms with E-state index in [-0.39, 0.29) is 24.4 Å². The number of rotatable bonds is 4. The molecule has 4 unspecified atom stereocenters. The molecule has 3 nitrogen and oxygen atoms in total. The molecule has 3 N–H and O–H groups in total. The van der Waals surface area contributed by atoms with Crippen LogP contribution in [0.1, 0.15) is 45.4 Å². The molecule has 0 heterocycles. The zero-order valence-corrected chi connectivity index (χ0v) is 11.5. The first-order valence-electron chi connectivity index (χ1n) is 6.69. The number of hydrogen-bond acceptors (Lipinski definition) is 2. The van der Waals surface area contributed by atoms with Crippen molar-refractivity contribution in [1.29, 1.82) is 0 Å². The molecule has 100 valence electrons. The predicted octanol–water partition coefficient (Wildman–Crippen LogP) is 2.09. The van der Waals surface area contributed by atoms with Crippen LogP contribution in [0.2, 0.25) is 0 Å². The third-order valence-electron chi connectivity index (χ3n) is 4.25. The molecular formula is C13H25ClN2O. The number of nitrogens with one attached hydrogen (secondary N) is 1. The molecule has 2 fully saturated rings. The molecule has 0 aromatic heterocycles. The third kappa shape index (κ3) is 4.47. The predicted molar refractivity (Wildman–Crippen MR) is 72.1 cm³/mol. The lowest BCUT2D eigenvalue weighted by Gasteiger charge is -2.27. The van der Waals surface area contributed by atoms with E-state index < -0.39 is 0 Å². The number of hydrogen-bond donors (Lipinski definition) is 2. The first-order chi connectivity index (χ1) is 7.66. The Labute approximate surface area is 110 Å². The Balaban J connectivity index is 0.00000144. The van der Waals surface area contributed by atoms with Crippen molar-refractivity contribution in [3.05, 3.63) is 0 Å². The van der Waals surface area contributed by atoms with Gasteiger partial charge in [-0.2, -0.15) is 0 Å². The smallest absolute Gasteiger partial charge is 0.220 e. The average molecular weight is 261 g/mol. The fourth-order valence-corrected chi connectivity index (χ4v) is 2.73. The number of halogens is 1. The van der Waals surface area contributed by atoms with E-state index in [1.165, 1.54) is 19.3 Å². The summed E-state index contributed by atoms with van der Waals surface area (Å²) >= 11 is 0. The summed E-state index contributed by atoms with van der Waals surface area (Å²) in [6, 6.07) is 0.249. The normalized spacial score (nSPS) is 35.9. The molecule has 0 spiro atoms. The molecule has 0 aliphatic heterocycles. The molecule has 17 heavy (non-hydrogen) atoms. The Morgan fingerprint density at radius 2 is 1.94 bits per heavy atom. The highest BCUT2D eigenvalue weighted by atomic mass is 35.5. The van der Waals surface area contributed by atoms with E-state index >= 15 is 0 Å². The number of amides is 1. The number of carbonyl (C=O) groups is 1. The summed E-state index contributed by atoms with van der Waals surface area (Å²) in [6.07, 6.45) is 6.63. The van der Waals surface area contributed by atoms with Crippen molar-refractivity contribution in [3.63, 3.8) is 0 Å². The SMILES string of the molecule is CC1CC1CNC(=O)CC1CCCCC1N.Cl. The van der Waals surface area contributed by atoms with E-state index in [0.29, 0.717) is 12.3 Å². The van der Waals surface area contributed by atoms with Gasteiger partial charge >= 0.3 is 0 Å². The van der Waals surface area contributed by atoms with Gasteiger partial charge in [-0.1, -0.05) is 19.8 Å². The van der Waals surface area contributed by atoms with Crippen molar-refractivity contribution >= 4 is 18.3 Å². The molecule has 4 atom stereocenters. The summed E-state index contributed by atoms with van der Waals surface area (Å²) in [6.45, 7) is 3.12. The zero-order chi connectivity index (χ0) is 11.5. The highest BCUT2D eigenvalue weighted by molar-refractivity contribution is 5.85. The van der Waals surface area contributed by atoms with Crippen LogP contribution in [0.3, 0.4) is 0 Å². The zero-order valence-electron chi connectivity index (χ0n) is 10.7. The minimum absolute atomic E-state index is 0. The van der Waals surface area contributed by atoms with Crippen LogP contribution in [0.25, 0.3) is 0 Å². The van der Waals surface area contributed by atoms with Gasteiger partial charge in [0.25, 0.3) is 0 Å². The average Bonchev–Trinajstić information content (AvgIpc) is 2.95. The monoisotopic (exact) mass is 260 g/mol. The van der Waals surface area contributed by atoms with E-state index in [1.807, 2.05) is 0 Å². The van der Waals surface area contributed by atoms with E-state index in [0.717, 1.165) is 31.2 Å². The van der Waals surface area contributed by atoms with Gasteiger partial charge in [0.05, 0.1) is 0 Å². The lowest BCUT2D eigenvalue weighted by Crippen LogP contribution is -2.37. The quantitative estimate of drug-likeness (QED) is 0.813. The highest BCUT2D eigenvalue weighted by Gasteiger charge is 2.32. The molecule has 0 radical (unpaired) electrons. The highest BCUT2D eigenvalue weighted by Crippen LogP contribution is 2.36. The lowest BCUT2D eigenvalue weighted by atomic mass is 9.83. The fourth-order valence-electron chi connectivity index (χ4n) is 2.73. The van der Waals surface area contributed by atoms with Gasteiger partial charge in [-0.15, -0.1) is 12.4 Å². The Hall–Kier alpha value is -0.280. The first-order valence-corrected chi connectivity index (χ1v) is 6.69. The van der Waals surface area contributed by atoms with Crippen molar-refractivity contribution in [1.82, 2.24) is 5.32 Å². The van der Waals surface area contributed by atoms with E-state index in [1.54, 1.807) is 0 Å². The first kappa shape index (κ1) is 14.8. The van der Waals surface area contributed by atoms with Crippen molar-refractivity contribution in [2.45, 2.75) is 51.5 Å². The summed E-state index contributed by atoms with van der Waals surface area (Å²) in [4.78, 5) is 11.7. The molecule has 4 heteroatoms. The Morgan fingerprint density at radius 1 is 1.29 bits per heavy atom. The Kier molecular flexibility index (Phi) is 5.74. The van der Waals surface area contributed by atoms with Gasteiger partial charge in [0.15, 0.2) is 0 Å². The topological polar surface area (TPSA) is 55.1 Å². The number of carbonyl (C=O) groups excluding carboxylic acids is 1.